The number of methoxy groups -OCH3 is 1. The first-order chi connectivity index (χ1) is 12.0. The third-order valence-corrected chi connectivity index (χ3v) is 4.46. The van der Waals surface area contributed by atoms with E-state index < -0.39 is 0 Å². The van der Waals surface area contributed by atoms with Gasteiger partial charge in [-0.05, 0) is 18.8 Å². The average molecular weight is 382 g/mol. The zero-order valence-corrected chi connectivity index (χ0v) is 15.3. The van der Waals surface area contributed by atoms with Crippen LogP contribution in [0.15, 0.2) is 24.7 Å². The summed E-state index contributed by atoms with van der Waals surface area (Å²) >= 11 is 12.2. The molecule has 0 bridgehead atoms. The van der Waals surface area contributed by atoms with Gasteiger partial charge in [-0.15, -0.1) is 0 Å². The molecule has 6 nitrogen and oxygen atoms in total. The van der Waals surface area contributed by atoms with Crippen LogP contribution < -0.4 is 14.4 Å². The minimum absolute atomic E-state index is 0.207. The predicted molar refractivity (Wildman–Crippen MR) is 96.0 cm³/mol. The summed E-state index contributed by atoms with van der Waals surface area (Å²) in [4.78, 5) is 22.2. The Balaban J connectivity index is 1.86. The van der Waals surface area contributed by atoms with Gasteiger partial charge >= 0.3 is 0 Å². The van der Waals surface area contributed by atoms with Crippen LogP contribution >= 0.6 is 23.2 Å². The third-order valence-electron chi connectivity index (χ3n) is 3.91. The van der Waals surface area contributed by atoms with E-state index in [0.717, 1.165) is 0 Å². The molecule has 0 aliphatic heterocycles. The SMILES string of the molecule is COc1cnc(C(=O)N(C)c2c(Cl)cncc2Cl)cc1OCC1CC1. The summed E-state index contributed by atoms with van der Waals surface area (Å²) in [5.74, 6) is 1.19. The number of amides is 1. The maximum atomic E-state index is 12.8. The number of hydrogen-bond acceptors (Lipinski definition) is 5. The molecule has 132 valence electrons. The van der Waals surface area contributed by atoms with Crippen molar-refractivity contribution in [3.05, 3.63) is 40.4 Å². The lowest BCUT2D eigenvalue weighted by molar-refractivity contribution is 0.0987. The van der Waals surface area contributed by atoms with E-state index in [1.54, 1.807) is 13.1 Å². The fraction of sp³-hybridized carbons (Fsp3) is 0.353. The minimum Gasteiger partial charge on any atom is -0.491 e. The largest absolute Gasteiger partial charge is 0.491 e. The Kier molecular flexibility index (Phi) is 5.30. The number of nitrogens with zero attached hydrogens (tertiary/aromatic N) is 3. The average Bonchev–Trinajstić information content (AvgIpc) is 3.43. The molecule has 0 atom stereocenters. The Hall–Kier alpha value is -2.05. The summed E-state index contributed by atoms with van der Waals surface area (Å²) in [6, 6.07) is 1.57. The van der Waals surface area contributed by atoms with E-state index in [4.69, 9.17) is 32.7 Å². The van der Waals surface area contributed by atoms with Gasteiger partial charge in [0.25, 0.3) is 5.91 Å². The number of anilines is 1. The number of ether oxygens (including phenoxy) is 2. The standard InChI is InChI=1S/C17H17Cl2N3O3/c1-22(16-11(18)6-20-7-12(16)19)17(23)13-5-14(15(24-2)8-21-13)25-9-10-3-4-10/h5-8,10H,3-4,9H2,1-2H3. The Morgan fingerprint density at radius 1 is 1.24 bits per heavy atom. The highest BCUT2D eigenvalue weighted by atomic mass is 35.5. The van der Waals surface area contributed by atoms with Crippen molar-refractivity contribution >= 4 is 34.8 Å². The molecule has 1 aliphatic rings. The van der Waals surface area contributed by atoms with E-state index in [9.17, 15) is 4.79 Å². The van der Waals surface area contributed by atoms with E-state index in [2.05, 4.69) is 9.97 Å². The first-order valence-corrected chi connectivity index (χ1v) is 8.50. The highest BCUT2D eigenvalue weighted by Gasteiger charge is 2.24. The Labute approximate surface area is 155 Å². The second kappa shape index (κ2) is 7.45. The van der Waals surface area contributed by atoms with Crippen LogP contribution in [0.25, 0.3) is 0 Å². The molecule has 8 heteroatoms. The van der Waals surface area contributed by atoms with Gasteiger partial charge in [-0.2, -0.15) is 0 Å². The molecule has 0 radical (unpaired) electrons. The number of hydrogen-bond donors (Lipinski definition) is 0. The zero-order chi connectivity index (χ0) is 18.0. The molecule has 1 amide bonds. The second-order valence-corrected chi connectivity index (χ2v) is 6.61. The van der Waals surface area contributed by atoms with Crippen LogP contribution in [0.2, 0.25) is 10.0 Å². The number of rotatable bonds is 6. The fourth-order valence-electron chi connectivity index (χ4n) is 2.30. The number of pyridine rings is 2. The van der Waals surface area contributed by atoms with Crippen LogP contribution in [0.4, 0.5) is 5.69 Å². The predicted octanol–water partition coefficient (Wildman–Crippen LogP) is 3.86. The van der Waals surface area contributed by atoms with Gasteiger partial charge in [0.1, 0.15) is 5.69 Å². The van der Waals surface area contributed by atoms with Crippen LogP contribution in [0.5, 0.6) is 11.5 Å². The molecular weight excluding hydrogens is 365 g/mol. The molecule has 1 fully saturated rings. The van der Waals surface area contributed by atoms with Crippen LogP contribution in [0.1, 0.15) is 23.3 Å². The maximum Gasteiger partial charge on any atom is 0.276 e. The van der Waals surface area contributed by atoms with Gasteiger partial charge in [0, 0.05) is 25.5 Å². The molecule has 25 heavy (non-hydrogen) atoms. The van der Waals surface area contributed by atoms with E-state index in [1.807, 2.05) is 0 Å². The summed E-state index contributed by atoms with van der Waals surface area (Å²) < 4.78 is 11.0. The van der Waals surface area contributed by atoms with Crippen molar-refractivity contribution in [2.45, 2.75) is 12.8 Å². The van der Waals surface area contributed by atoms with Gasteiger partial charge in [0.05, 0.1) is 35.6 Å². The molecule has 3 rings (SSSR count). The van der Waals surface area contributed by atoms with Crippen molar-refractivity contribution in [1.29, 1.82) is 0 Å². The van der Waals surface area contributed by atoms with Crippen molar-refractivity contribution in [2.75, 3.05) is 25.7 Å². The van der Waals surface area contributed by atoms with Gasteiger partial charge in [-0.3, -0.25) is 9.78 Å². The van der Waals surface area contributed by atoms with Crippen LogP contribution in [0, 0.1) is 5.92 Å². The molecule has 2 aromatic rings. The lowest BCUT2D eigenvalue weighted by Crippen LogP contribution is -2.27. The molecular formula is C17H17Cl2N3O3. The molecule has 0 spiro atoms. The van der Waals surface area contributed by atoms with Gasteiger partial charge in [0.15, 0.2) is 11.5 Å². The molecule has 0 saturated heterocycles. The Morgan fingerprint density at radius 3 is 2.52 bits per heavy atom. The van der Waals surface area contributed by atoms with E-state index in [1.165, 1.54) is 43.4 Å². The normalized spacial score (nSPS) is 13.4. The van der Waals surface area contributed by atoms with Crippen LogP contribution in [-0.4, -0.2) is 36.6 Å². The van der Waals surface area contributed by atoms with Crippen molar-refractivity contribution < 1.29 is 14.3 Å². The molecule has 0 unspecified atom stereocenters. The molecule has 1 saturated carbocycles. The van der Waals surface area contributed by atoms with Crippen LogP contribution in [0.3, 0.4) is 0 Å². The van der Waals surface area contributed by atoms with Gasteiger partial charge in [-0.25, -0.2) is 4.98 Å². The van der Waals surface area contributed by atoms with Gasteiger partial charge < -0.3 is 14.4 Å². The fourth-order valence-corrected chi connectivity index (χ4v) is 2.92. The zero-order valence-electron chi connectivity index (χ0n) is 13.8. The maximum absolute atomic E-state index is 12.8. The second-order valence-electron chi connectivity index (χ2n) is 5.79. The summed E-state index contributed by atoms with van der Waals surface area (Å²) in [5, 5.41) is 0.559. The highest BCUT2D eigenvalue weighted by molar-refractivity contribution is 6.39. The molecule has 2 heterocycles. The Bertz CT molecular complexity index is 776. The quantitative estimate of drug-likeness (QED) is 0.759. The topological polar surface area (TPSA) is 64.5 Å². The summed E-state index contributed by atoms with van der Waals surface area (Å²) in [7, 11) is 3.11. The monoisotopic (exact) mass is 381 g/mol. The number of carbonyl (C=O) groups is 1. The molecule has 2 aromatic heterocycles. The molecule has 1 aliphatic carbocycles. The summed E-state index contributed by atoms with van der Waals surface area (Å²) in [6.07, 6.45) is 6.66. The van der Waals surface area contributed by atoms with E-state index in [0.29, 0.717) is 29.7 Å². The van der Waals surface area contributed by atoms with Gasteiger partial charge in [-0.1, -0.05) is 23.2 Å². The minimum atomic E-state index is -0.367. The van der Waals surface area contributed by atoms with Gasteiger partial charge in [0.2, 0.25) is 0 Å². The van der Waals surface area contributed by atoms with Crippen molar-refractivity contribution in [2.24, 2.45) is 5.92 Å². The first-order valence-electron chi connectivity index (χ1n) is 7.75. The smallest absolute Gasteiger partial charge is 0.276 e. The van der Waals surface area contributed by atoms with Crippen molar-refractivity contribution in [3.63, 3.8) is 0 Å². The molecule has 0 aromatic carbocycles. The third kappa shape index (κ3) is 3.96. The Morgan fingerprint density at radius 2 is 1.92 bits per heavy atom. The number of halogens is 2. The van der Waals surface area contributed by atoms with Crippen molar-refractivity contribution in [1.82, 2.24) is 9.97 Å². The first kappa shape index (κ1) is 17.8. The van der Waals surface area contributed by atoms with E-state index in [-0.39, 0.29) is 21.6 Å². The molecule has 0 N–H and O–H groups in total. The lowest BCUT2D eigenvalue weighted by atomic mass is 10.2. The number of carbonyl (C=O) groups excluding carboxylic acids is 1. The summed E-state index contributed by atoms with van der Waals surface area (Å²) in [6.45, 7) is 0.603. The van der Waals surface area contributed by atoms with Crippen LogP contribution in [-0.2, 0) is 0 Å². The number of aromatic nitrogens is 2. The lowest BCUT2D eigenvalue weighted by Gasteiger charge is -2.20. The van der Waals surface area contributed by atoms with Crippen molar-refractivity contribution in [3.8, 4) is 11.5 Å². The van der Waals surface area contributed by atoms with E-state index >= 15 is 0 Å². The highest BCUT2D eigenvalue weighted by Crippen LogP contribution is 2.35. The summed E-state index contributed by atoms with van der Waals surface area (Å²) in [5.41, 5.74) is 0.583.